The van der Waals surface area contributed by atoms with Gasteiger partial charge in [0.1, 0.15) is 5.75 Å². The molecule has 2 aromatic rings. The molecule has 0 radical (unpaired) electrons. The smallest absolute Gasteiger partial charge is 0.243 e. The van der Waals surface area contributed by atoms with Crippen LogP contribution in [0.25, 0.3) is 0 Å². The average Bonchev–Trinajstić information content (AvgIpc) is 3.33. The summed E-state index contributed by atoms with van der Waals surface area (Å²) in [6.07, 6.45) is 0.764. The summed E-state index contributed by atoms with van der Waals surface area (Å²) in [6, 6.07) is 15.2. The number of benzene rings is 2. The normalized spacial score (nSPS) is 22.4. The number of hydrogen-bond acceptors (Lipinski definition) is 7. The first-order chi connectivity index (χ1) is 16.0. The number of hydrogen-bond donors (Lipinski definition) is 0. The van der Waals surface area contributed by atoms with Crippen LogP contribution in [0.2, 0.25) is 0 Å². The van der Waals surface area contributed by atoms with Gasteiger partial charge in [-0.15, -0.1) is 0 Å². The van der Waals surface area contributed by atoms with Gasteiger partial charge in [-0.2, -0.15) is 4.31 Å². The highest BCUT2D eigenvalue weighted by Gasteiger charge is 2.50. The molecule has 33 heavy (non-hydrogen) atoms. The maximum atomic E-state index is 13.3. The molecule has 2 fully saturated rings. The largest absolute Gasteiger partial charge is 0.497 e. The number of methoxy groups -OCH3 is 1. The lowest BCUT2D eigenvalue weighted by Gasteiger charge is -2.40. The lowest BCUT2D eigenvalue weighted by atomic mass is 10.1. The van der Waals surface area contributed by atoms with Crippen molar-refractivity contribution in [1.29, 1.82) is 0 Å². The van der Waals surface area contributed by atoms with E-state index in [-0.39, 0.29) is 6.54 Å². The van der Waals surface area contributed by atoms with Crippen molar-refractivity contribution >= 4 is 15.7 Å². The Morgan fingerprint density at radius 2 is 1.64 bits per heavy atom. The molecule has 0 aliphatic carbocycles. The second-order valence-corrected chi connectivity index (χ2v) is 10.6. The SMILES string of the molecule is COc1ccc(N2CCN(CCCN3CC4(OCCO4)c4ccccc4S3(=O)=O)CC2)cc1. The zero-order valence-electron chi connectivity index (χ0n) is 19.0. The van der Waals surface area contributed by atoms with Crippen molar-refractivity contribution in [3.05, 3.63) is 54.1 Å². The fraction of sp³-hybridized carbons (Fsp3) is 0.500. The van der Waals surface area contributed by atoms with Gasteiger partial charge < -0.3 is 19.1 Å². The molecule has 3 aliphatic rings. The third-order valence-corrected chi connectivity index (χ3v) is 8.65. The Morgan fingerprint density at radius 3 is 2.33 bits per heavy atom. The van der Waals surface area contributed by atoms with Crippen LogP contribution >= 0.6 is 0 Å². The molecular weight excluding hydrogens is 442 g/mol. The van der Waals surface area contributed by atoms with Crippen molar-refractivity contribution in [1.82, 2.24) is 9.21 Å². The van der Waals surface area contributed by atoms with E-state index in [9.17, 15) is 8.42 Å². The molecule has 178 valence electrons. The van der Waals surface area contributed by atoms with Crippen molar-refractivity contribution in [2.24, 2.45) is 0 Å². The fourth-order valence-electron chi connectivity index (χ4n) is 4.94. The lowest BCUT2D eigenvalue weighted by Crippen LogP contribution is -2.51. The van der Waals surface area contributed by atoms with Crippen molar-refractivity contribution in [2.45, 2.75) is 17.1 Å². The summed E-state index contributed by atoms with van der Waals surface area (Å²) in [5.41, 5.74) is 1.82. The third-order valence-electron chi connectivity index (χ3n) is 6.75. The molecule has 2 aromatic carbocycles. The van der Waals surface area contributed by atoms with Crippen LogP contribution in [0.3, 0.4) is 0 Å². The Kier molecular flexibility index (Phi) is 6.32. The summed E-state index contributed by atoms with van der Waals surface area (Å²) in [5, 5.41) is 0. The van der Waals surface area contributed by atoms with Crippen molar-refractivity contribution < 1.29 is 22.6 Å². The van der Waals surface area contributed by atoms with Crippen LogP contribution in [0.4, 0.5) is 5.69 Å². The first kappa shape index (κ1) is 22.6. The highest BCUT2D eigenvalue weighted by Crippen LogP contribution is 2.41. The van der Waals surface area contributed by atoms with Gasteiger partial charge in [0.2, 0.25) is 15.8 Å². The summed E-state index contributed by atoms with van der Waals surface area (Å²) in [6.45, 7) is 6.27. The Bertz CT molecular complexity index is 1060. The Labute approximate surface area is 195 Å². The van der Waals surface area contributed by atoms with E-state index >= 15 is 0 Å². The van der Waals surface area contributed by atoms with E-state index in [1.54, 1.807) is 25.3 Å². The number of anilines is 1. The summed E-state index contributed by atoms with van der Waals surface area (Å²) in [5.74, 6) is -0.116. The van der Waals surface area contributed by atoms with E-state index in [4.69, 9.17) is 14.2 Å². The van der Waals surface area contributed by atoms with Gasteiger partial charge in [-0.25, -0.2) is 8.42 Å². The van der Waals surface area contributed by atoms with Crippen molar-refractivity contribution in [3.63, 3.8) is 0 Å². The molecular formula is C24H31N3O5S. The van der Waals surface area contributed by atoms with Crippen LogP contribution in [-0.2, 0) is 25.3 Å². The lowest BCUT2D eigenvalue weighted by molar-refractivity contribution is -0.176. The van der Waals surface area contributed by atoms with Gasteiger partial charge in [-0.3, -0.25) is 4.90 Å². The van der Waals surface area contributed by atoms with Crippen molar-refractivity contribution in [2.75, 3.05) is 71.0 Å². The van der Waals surface area contributed by atoms with E-state index in [2.05, 4.69) is 21.9 Å². The average molecular weight is 474 g/mol. The minimum absolute atomic E-state index is 0.206. The van der Waals surface area contributed by atoms with E-state index in [1.807, 2.05) is 18.2 Å². The molecule has 2 saturated heterocycles. The molecule has 0 saturated carbocycles. The number of rotatable bonds is 6. The summed E-state index contributed by atoms with van der Waals surface area (Å²) in [7, 11) is -1.89. The highest BCUT2D eigenvalue weighted by molar-refractivity contribution is 7.89. The molecule has 5 rings (SSSR count). The van der Waals surface area contributed by atoms with Crippen molar-refractivity contribution in [3.8, 4) is 5.75 Å². The van der Waals surface area contributed by atoms with Crippen LogP contribution < -0.4 is 9.64 Å². The number of ether oxygens (including phenoxy) is 3. The van der Waals surface area contributed by atoms with Crippen LogP contribution in [0.5, 0.6) is 5.75 Å². The van der Waals surface area contributed by atoms with Gasteiger partial charge in [-0.1, -0.05) is 18.2 Å². The molecule has 0 atom stereocenters. The van der Waals surface area contributed by atoms with Crippen LogP contribution in [0.1, 0.15) is 12.0 Å². The third kappa shape index (κ3) is 4.36. The predicted octanol–water partition coefficient (Wildman–Crippen LogP) is 2.11. The zero-order valence-corrected chi connectivity index (χ0v) is 19.8. The molecule has 3 heterocycles. The van der Waals surface area contributed by atoms with E-state index in [1.165, 1.54) is 9.99 Å². The minimum Gasteiger partial charge on any atom is -0.497 e. The molecule has 0 bridgehead atoms. The number of sulfonamides is 1. The molecule has 0 unspecified atom stereocenters. The topological polar surface area (TPSA) is 71.6 Å². The maximum Gasteiger partial charge on any atom is 0.243 e. The Hall–Kier alpha value is -2.17. The number of piperazine rings is 1. The quantitative estimate of drug-likeness (QED) is 0.636. The van der Waals surface area contributed by atoms with Gasteiger partial charge in [0.25, 0.3) is 0 Å². The van der Waals surface area contributed by atoms with Gasteiger partial charge in [0.15, 0.2) is 0 Å². The number of nitrogens with zero attached hydrogens (tertiary/aromatic N) is 3. The first-order valence-electron chi connectivity index (χ1n) is 11.5. The number of fused-ring (bicyclic) bond motifs is 2. The van der Waals surface area contributed by atoms with Crippen LogP contribution in [-0.4, -0.2) is 83.8 Å². The second kappa shape index (κ2) is 9.23. The van der Waals surface area contributed by atoms with E-state index in [0.717, 1.165) is 44.9 Å². The maximum absolute atomic E-state index is 13.3. The fourth-order valence-corrected chi connectivity index (χ4v) is 6.68. The predicted molar refractivity (Wildman–Crippen MR) is 125 cm³/mol. The molecule has 0 aromatic heterocycles. The second-order valence-electron chi connectivity index (χ2n) is 8.66. The van der Waals surface area contributed by atoms with Crippen LogP contribution in [0.15, 0.2) is 53.4 Å². The minimum atomic E-state index is -3.56. The molecule has 9 heteroatoms. The Morgan fingerprint density at radius 1 is 0.939 bits per heavy atom. The zero-order chi connectivity index (χ0) is 22.9. The molecule has 8 nitrogen and oxygen atoms in total. The standard InChI is InChI=1S/C24H31N3O5S/c1-30-21-9-7-20(8-10-21)26-15-13-25(14-16-26)11-4-12-27-19-24(31-17-18-32-24)22-5-2-3-6-23(22)33(27,28)29/h2-3,5-10H,4,11-19H2,1H3. The summed E-state index contributed by atoms with van der Waals surface area (Å²) >= 11 is 0. The van der Waals surface area contributed by atoms with Gasteiger partial charge >= 0.3 is 0 Å². The van der Waals surface area contributed by atoms with E-state index < -0.39 is 15.8 Å². The summed E-state index contributed by atoms with van der Waals surface area (Å²) < 4.78 is 45.2. The Balaban J connectivity index is 1.17. The van der Waals surface area contributed by atoms with E-state index in [0.29, 0.717) is 30.2 Å². The summed E-state index contributed by atoms with van der Waals surface area (Å²) in [4.78, 5) is 5.08. The van der Waals surface area contributed by atoms with Crippen LogP contribution in [0, 0.1) is 0 Å². The first-order valence-corrected chi connectivity index (χ1v) is 12.9. The van der Waals surface area contributed by atoms with Gasteiger partial charge in [-0.05, 0) is 43.3 Å². The monoisotopic (exact) mass is 473 g/mol. The highest BCUT2D eigenvalue weighted by atomic mass is 32.2. The molecule has 3 aliphatic heterocycles. The molecule has 0 N–H and O–H groups in total. The van der Waals surface area contributed by atoms with Gasteiger partial charge in [0, 0.05) is 44.0 Å². The molecule has 0 amide bonds. The van der Waals surface area contributed by atoms with Gasteiger partial charge in [0.05, 0.1) is 31.8 Å². The molecule has 1 spiro atoms.